The van der Waals surface area contributed by atoms with E-state index in [1.54, 1.807) is 0 Å². The molecule has 2 nitrogen and oxygen atoms in total. The lowest BCUT2D eigenvalue weighted by molar-refractivity contribution is -0.143. The van der Waals surface area contributed by atoms with Gasteiger partial charge in [-0.1, -0.05) is 19.9 Å². The molecule has 2 rings (SSSR count). The molecule has 0 radical (unpaired) electrons. The van der Waals surface area contributed by atoms with Gasteiger partial charge in [0.15, 0.2) is 0 Å². The average molecular weight is 137 g/mol. The van der Waals surface area contributed by atoms with E-state index in [1.165, 1.54) is 0 Å². The van der Waals surface area contributed by atoms with Crippen molar-refractivity contribution in [2.24, 2.45) is 5.41 Å². The van der Waals surface area contributed by atoms with Crippen LogP contribution in [0.3, 0.4) is 0 Å². The first kappa shape index (κ1) is 5.96. The number of rotatable bonds is 0. The first-order valence-electron chi connectivity index (χ1n) is 3.62. The van der Waals surface area contributed by atoms with Gasteiger partial charge in [-0.2, -0.15) is 0 Å². The minimum absolute atomic E-state index is 0.216. The minimum Gasteiger partial charge on any atom is -0.315 e. The largest absolute Gasteiger partial charge is 0.315 e. The molecule has 1 fully saturated rings. The molecule has 0 bridgehead atoms. The third-order valence-corrected chi connectivity index (χ3v) is 2.52. The number of β-lactam (4-membered cyclic amide) rings is 1. The van der Waals surface area contributed by atoms with Gasteiger partial charge in [0.2, 0.25) is 5.91 Å². The zero-order valence-corrected chi connectivity index (χ0v) is 6.29. The molecule has 0 N–H and O–H groups in total. The Bertz CT molecular complexity index is 217. The Labute approximate surface area is 60.5 Å². The zero-order valence-electron chi connectivity index (χ0n) is 6.29. The van der Waals surface area contributed by atoms with Gasteiger partial charge in [-0.05, 0) is 0 Å². The van der Waals surface area contributed by atoms with Gasteiger partial charge in [-0.25, -0.2) is 0 Å². The zero-order chi connectivity index (χ0) is 7.35. The number of nitrogens with zero attached hydrogens (tertiary/aromatic N) is 1. The van der Waals surface area contributed by atoms with Gasteiger partial charge < -0.3 is 4.90 Å². The van der Waals surface area contributed by atoms with E-state index < -0.39 is 0 Å². The number of carbonyl (C=O) groups is 1. The van der Waals surface area contributed by atoms with Crippen LogP contribution >= 0.6 is 0 Å². The van der Waals surface area contributed by atoms with Crippen LogP contribution in [0, 0.1) is 5.41 Å². The molecule has 54 valence electrons. The summed E-state index contributed by atoms with van der Waals surface area (Å²) in [6.07, 6.45) is 4.76. The van der Waals surface area contributed by atoms with Crippen LogP contribution in [0.2, 0.25) is 0 Å². The van der Waals surface area contributed by atoms with E-state index in [4.69, 9.17) is 0 Å². The smallest absolute Gasteiger partial charge is 0.228 e. The second kappa shape index (κ2) is 1.44. The monoisotopic (exact) mass is 137 g/mol. The van der Waals surface area contributed by atoms with E-state index in [2.05, 4.69) is 19.9 Å². The maximum atomic E-state index is 10.9. The maximum absolute atomic E-state index is 10.9. The lowest BCUT2D eigenvalue weighted by atomic mass is 9.81. The molecule has 2 aliphatic heterocycles. The molecule has 0 saturated carbocycles. The summed E-state index contributed by atoms with van der Waals surface area (Å²) < 4.78 is 0. The van der Waals surface area contributed by atoms with Crippen LogP contribution in [0.1, 0.15) is 20.3 Å². The van der Waals surface area contributed by atoms with Crippen LogP contribution in [-0.2, 0) is 4.79 Å². The van der Waals surface area contributed by atoms with Crippen molar-refractivity contribution in [1.82, 2.24) is 4.90 Å². The van der Waals surface area contributed by atoms with Gasteiger partial charge in [0.1, 0.15) is 0 Å². The molecule has 0 aromatic rings. The fourth-order valence-electron chi connectivity index (χ4n) is 1.62. The molecule has 2 heteroatoms. The van der Waals surface area contributed by atoms with Crippen LogP contribution in [0.25, 0.3) is 0 Å². The van der Waals surface area contributed by atoms with Gasteiger partial charge in [-0.3, -0.25) is 4.79 Å². The third kappa shape index (κ3) is 0.516. The molecule has 0 aromatic carbocycles. The quantitative estimate of drug-likeness (QED) is 0.458. The number of hydrogen-bond acceptors (Lipinski definition) is 1. The second-order valence-corrected chi connectivity index (χ2v) is 3.66. The normalized spacial score (nSPS) is 34.0. The Balaban J connectivity index is 2.26. The summed E-state index contributed by atoms with van der Waals surface area (Å²) in [4.78, 5) is 12.7. The van der Waals surface area contributed by atoms with Crippen LogP contribution in [0.5, 0.6) is 0 Å². The van der Waals surface area contributed by atoms with E-state index in [-0.39, 0.29) is 11.3 Å². The van der Waals surface area contributed by atoms with Gasteiger partial charge in [0.25, 0.3) is 0 Å². The summed E-state index contributed by atoms with van der Waals surface area (Å²) in [5.74, 6) is 0.270. The fourth-order valence-corrected chi connectivity index (χ4v) is 1.62. The average Bonchev–Trinajstić information content (AvgIpc) is 2.03. The number of hydrogen-bond donors (Lipinski definition) is 0. The molecular weight excluding hydrogens is 126 g/mol. The predicted molar refractivity (Wildman–Crippen MR) is 38.2 cm³/mol. The molecule has 2 heterocycles. The number of fused-ring (bicyclic) bond motifs is 1. The van der Waals surface area contributed by atoms with Crippen molar-refractivity contribution in [2.45, 2.75) is 26.3 Å². The van der Waals surface area contributed by atoms with Crippen LogP contribution in [0.4, 0.5) is 0 Å². The fraction of sp³-hybridized carbons (Fsp3) is 0.625. The lowest BCUT2D eigenvalue weighted by Crippen LogP contribution is -2.52. The SMILES string of the molecule is CC1(C)C=CN2C(=O)C[C@H]21. The molecule has 1 saturated heterocycles. The highest BCUT2D eigenvalue weighted by molar-refractivity contribution is 5.85. The molecule has 2 aliphatic rings. The summed E-state index contributed by atoms with van der Waals surface area (Å²) in [6, 6.07) is 0.458. The Morgan fingerprint density at radius 1 is 1.70 bits per heavy atom. The second-order valence-electron chi connectivity index (χ2n) is 3.66. The Morgan fingerprint density at radius 2 is 2.40 bits per heavy atom. The van der Waals surface area contributed by atoms with E-state index in [1.807, 2.05) is 11.1 Å². The minimum atomic E-state index is 0.216. The molecule has 10 heavy (non-hydrogen) atoms. The van der Waals surface area contributed by atoms with Gasteiger partial charge >= 0.3 is 0 Å². The van der Waals surface area contributed by atoms with Gasteiger partial charge in [0.05, 0.1) is 6.04 Å². The molecule has 0 unspecified atom stereocenters. The van der Waals surface area contributed by atoms with E-state index >= 15 is 0 Å². The number of amides is 1. The third-order valence-electron chi connectivity index (χ3n) is 2.52. The van der Waals surface area contributed by atoms with Crippen molar-refractivity contribution in [3.63, 3.8) is 0 Å². The van der Waals surface area contributed by atoms with Crippen molar-refractivity contribution >= 4 is 5.91 Å². The molecule has 0 spiro atoms. The topological polar surface area (TPSA) is 20.3 Å². The van der Waals surface area contributed by atoms with E-state index in [9.17, 15) is 4.79 Å². The summed E-state index contributed by atoms with van der Waals surface area (Å²) in [7, 11) is 0. The highest BCUT2D eigenvalue weighted by Gasteiger charge is 2.47. The highest BCUT2D eigenvalue weighted by Crippen LogP contribution is 2.41. The van der Waals surface area contributed by atoms with Crippen LogP contribution in [0.15, 0.2) is 12.3 Å². The van der Waals surface area contributed by atoms with Crippen molar-refractivity contribution in [3.8, 4) is 0 Å². The first-order valence-corrected chi connectivity index (χ1v) is 3.62. The predicted octanol–water partition coefficient (Wildman–Crippen LogP) is 1.14. The van der Waals surface area contributed by atoms with Gasteiger partial charge in [0, 0.05) is 18.0 Å². The summed E-state index contributed by atoms with van der Waals surface area (Å²) >= 11 is 0. The first-order chi connectivity index (χ1) is 4.61. The molecule has 1 amide bonds. The van der Waals surface area contributed by atoms with Crippen LogP contribution in [-0.4, -0.2) is 16.8 Å². The Kier molecular flexibility index (Phi) is 0.858. The Hall–Kier alpha value is -0.790. The summed E-state index contributed by atoms with van der Waals surface area (Å²) in [5.41, 5.74) is 0.216. The number of carbonyl (C=O) groups excluding carboxylic acids is 1. The standard InChI is InChI=1S/C8H11NO/c1-8(2)3-4-9-6(8)5-7(9)10/h3-4,6H,5H2,1-2H3/t6-/m0/s1. The Morgan fingerprint density at radius 3 is 2.80 bits per heavy atom. The molecular formula is C8H11NO. The van der Waals surface area contributed by atoms with Gasteiger partial charge in [-0.15, -0.1) is 0 Å². The van der Waals surface area contributed by atoms with Crippen molar-refractivity contribution in [2.75, 3.05) is 0 Å². The van der Waals surface area contributed by atoms with Crippen molar-refractivity contribution in [3.05, 3.63) is 12.3 Å². The molecule has 0 aromatic heterocycles. The van der Waals surface area contributed by atoms with E-state index in [0.29, 0.717) is 6.04 Å². The molecule has 1 atom stereocenters. The summed E-state index contributed by atoms with van der Waals surface area (Å²) in [6.45, 7) is 4.33. The summed E-state index contributed by atoms with van der Waals surface area (Å²) in [5, 5.41) is 0. The van der Waals surface area contributed by atoms with Crippen molar-refractivity contribution in [1.29, 1.82) is 0 Å². The molecule has 0 aliphatic carbocycles. The highest BCUT2D eigenvalue weighted by atomic mass is 16.2. The van der Waals surface area contributed by atoms with Crippen molar-refractivity contribution < 1.29 is 4.79 Å². The maximum Gasteiger partial charge on any atom is 0.228 e. The van der Waals surface area contributed by atoms with Crippen LogP contribution < -0.4 is 0 Å². The van der Waals surface area contributed by atoms with E-state index in [0.717, 1.165) is 6.42 Å². The lowest BCUT2D eigenvalue weighted by Gasteiger charge is -2.40.